The van der Waals surface area contributed by atoms with Crippen LogP contribution < -0.4 is 4.90 Å². The lowest BCUT2D eigenvalue weighted by atomic mass is 10.0. The van der Waals surface area contributed by atoms with Gasteiger partial charge in [0.15, 0.2) is 0 Å². The SMILES string of the molecule is Brc1cccc(-c2ccccc2N(c2ccccc2)c2ccc3c(c2)c2cc4sc5ccccc5c4cc2n3-c2ccccc2)c1. The van der Waals surface area contributed by atoms with Gasteiger partial charge in [-0.25, -0.2) is 0 Å². The van der Waals surface area contributed by atoms with Crippen LogP contribution >= 0.6 is 27.3 Å². The summed E-state index contributed by atoms with van der Waals surface area (Å²) in [6, 6.07) is 59.1. The molecule has 218 valence electrons. The van der Waals surface area contributed by atoms with E-state index in [4.69, 9.17) is 0 Å². The predicted octanol–water partition coefficient (Wildman–Crippen LogP) is 13.1. The summed E-state index contributed by atoms with van der Waals surface area (Å²) in [4.78, 5) is 2.39. The molecule has 4 heteroatoms. The number of anilines is 3. The molecule has 0 saturated heterocycles. The van der Waals surface area contributed by atoms with Gasteiger partial charge in [-0.3, -0.25) is 0 Å². The van der Waals surface area contributed by atoms with Crippen molar-refractivity contribution >= 4 is 86.3 Å². The minimum Gasteiger partial charge on any atom is -0.310 e. The molecule has 7 aromatic carbocycles. The largest absolute Gasteiger partial charge is 0.310 e. The normalized spacial score (nSPS) is 11.6. The van der Waals surface area contributed by atoms with E-state index in [-0.39, 0.29) is 0 Å². The zero-order chi connectivity index (χ0) is 30.6. The van der Waals surface area contributed by atoms with E-state index >= 15 is 0 Å². The third-order valence-electron chi connectivity index (χ3n) is 8.81. The molecule has 0 amide bonds. The Morgan fingerprint density at radius 2 is 1.22 bits per heavy atom. The highest BCUT2D eigenvalue weighted by Gasteiger charge is 2.20. The highest BCUT2D eigenvalue weighted by Crippen LogP contribution is 2.45. The molecule has 0 N–H and O–H groups in total. The van der Waals surface area contributed by atoms with Gasteiger partial charge in [-0.05, 0) is 84.4 Å². The van der Waals surface area contributed by atoms with Gasteiger partial charge < -0.3 is 9.47 Å². The quantitative estimate of drug-likeness (QED) is 0.177. The lowest BCUT2D eigenvalue weighted by Crippen LogP contribution is -2.11. The molecule has 46 heavy (non-hydrogen) atoms. The number of halogens is 1. The Morgan fingerprint density at radius 3 is 2.07 bits per heavy atom. The lowest BCUT2D eigenvalue weighted by Gasteiger charge is -2.28. The molecule has 0 radical (unpaired) electrons. The molecule has 9 rings (SSSR count). The van der Waals surface area contributed by atoms with Gasteiger partial charge in [-0.2, -0.15) is 0 Å². The van der Waals surface area contributed by atoms with Gasteiger partial charge in [-0.15, -0.1) is 11.3 Å². The number of aromatic nitrogens is 1. The number of hydrogen-bond acceptors (Lipinski definition) is 2. The first-order chi connectivity index (χ1) is 22.7. The second-order valence-electron chi connectivity index (χ2n) is 11.5. The van der Waals surface area contributed by atoms with Crippen molar-refractivity contribution in [2.75, 3.05) is 4.90 Å². The molecule has 2 nitrogen and oxygen atoms in total. The van der Waals surface area contributed by atoms with Gasteiger partial charge in [0, 0.05) is 58.0 Å². The molecule has 2 heterocycles. The summed E-state index contributed by atoms with van der Waals surface area (Å²) in [5.41, 5.74) is 9.27. The number of hydrogen-bond donors (Lipinski definition) is 0. The fraction of sp³-hybridized carbons (Fsp3) is 0. The molecule has 2 aromatic heterocycles. The maximum Gasteiger partial charge on any atom is 0.0548 e. The molecule has 0 aliphatic carbocycles. The number of fused-ring (bicyclic) bond motifs is 6. The second-order valence-corrected chi connectivity index (χ2v) is 13.5. The summed E-state index contributed by atoms with van der Waals surface area (Å²) in [5.74, 6) is 0. The average molecular weight is 672 g/mol. The maximum atomic E-state index is 3.70. The standard InChI is InChI=1S/C42H27BrN2S/c43-29-13-11-12-28(24-29)33-18-7-9-20-38(33)44(30-14-3-1-4-15-30)32-22-23-39-35(25-32)36-27-42-37(34-19-8-10-21-41(34)46-42)26-40(36)45(39)31-16-5-2-6-17-31/h1-27H. The van der Waals surface area contributed by atoms with Crippen molar-refractivity contribution in [3.05, 3.63) is 168 Å². The van der Waals surface area contributed by atoms with E-state index in [2.05, 4.69) is 189 Å². The highest BCUT2D eigenvalue weighted by molar-refractivity contribution is 9.10. The lowest BCUT2D eigenvalue weighted by molar-refractivity contribution is 1.18. The highest BCUT2D eigenvalue weighted by atomic mass is 79.9. The van der Waals surface area contributed by atoms with Crippen LogP contribution in [0.2, 0.25) is 0 Å². The first kappa shape index (κ1) is 27.2. The third kappa shape index (κ3) is 4.45. The fourth-order valence-electron chi connectivity index (χ4n) is 6.79. The molecule has 0 atom stereocenters. The van der Waals surface area contributed by atoms with E-state index < -0.39 is 0 Å². The Hall–Kier alpha value is -5.16. The number of thiophene rings is 1. The summed E-state index contributed by atoms with van der Waals surface area (Å²) in [6.45, 7) is 0. The molecule has 0 unspecified atom stereocenters. The molecule has 9 aromatic rings. The van der Waals surface area contributed by atoms with Crippen LogP contribution in [-0.4, -0.2) is 4.57 Å². The van der Waals surface area contributed by atoms with Crippen molar-refractivity contribution in [3.8, 4) is 16.8 Å². The molecule has 0 fully saturated rings. The van der Waals surface area contributed by atoms with E-state index in [1.54, 1.807) is 0 Å². The number of benzene rings is 7. The minimum absolute atomic E-state index is 1.06. The molecular weight excluding hydrogens is 644 g/mol. The Morgan fingerprint density at radius 1 is 0.478 bits per heavy atom. The van der Waals surface area contributed by atoms with Crippen molar-refractivity contribution in [2.24, 2.45) is 0 Å². The smallest absolute Gasteiger partial charge is 0.0548 e. The van der Waals surface area contributed by atoms with Gasteiger partial charge in [-0.1, -0.05) is 101 Å². The summed E-state index contributed by atoms with van der Waals surface area (Å²) in [7, 11) is 0. The number of para-hydroxylation sites is 3. The topological polar surface area (TPSA) is 8.17 Å². The predicted molar refractivity (Wildman–Crippen MR) is 201 cm³/mol. The summed E-state index contributed by atoms with van der Waals surface area (Å²) >= 11 is 5.57. The van der Waals surface area contributed by atoms with Gasteiger partial charge in [0.05, 0.1) is 16.7 Å². The summed E-state index contributed by atoms with van der Waals surface area (Å²) in [6.07, 6.45) is 0. The van der Waals surface area contributed by atoms with Crippen LogP contribution in [0.15, 0.2) is 168 Å². The molecule has 0 aliphatic heterocycles. The van der Waals surface area contributed by atoms with Crippen molar-refractivity contribution in [2.45, 2.75) is 0 Å². The van der Waals surface area contributed by atoms with E-state index in [1.807, 2.05) is 11.3 Å². The fourth-order valence-corrected chi connectivity index (χ4v) is 8.32. The van der Waals surface area contributed by atoms with Crippen LogP contribution in [0.3, 0.4) is 0 Å². The number of rotatable bonds is 5. The summed E-state index contributed by atoms with van der Waals surface area (Å²) < 4.78 is 6.11. The Balaban J connectivity index is 1.34. The minimum atomic E-state index is 1.06. The van der Waals surface area contributed by atoms with Crippen LogP contribution in [0.1, 0.15) is 0 Å². The van der Waals surface area contributed by atoms with Crippen LogP contribution in [0.25, 0.3) is 58.8 Å². The first-order valence-electron chi connectivity index (χ1n) is 15.4. The zero-order valence-electron chi connectivity index (χ0n) is 24.8. The zero-order valence-corrected chi connectivity index (χ0v) is 27.2. The monoisotopic (exact) mass is 670 g/mol. The van der Waals surface area contributed by atoms with Crippen LogP contribution in [0, 0.1) is 0 Å². The van der Waals surface area contributed by atoms with Crippen LogP contribution in [0.5, 0.6) is 0 Å². The Labute approximate surface area is 279 Å². The Kier molecular flexibility index (Phi) is 6.51. The first-order valence-corrected chi connectivity index (χ1v) is 17.0. The van der Waals surface area contributed by atoms with Crippen molar-refractivity contribution in [1.82, 2.24) is 4.57 Å². The average Bonchev–Trinajstić information content (AvgIpc) is 3.63. The van der Waals surface area contributed by atoms with Gasteiger partial charge in [0.1, 0.15) is 0 Å². The van der Waals surface area contributed by atoms with E-state index in [1.165, 1.54) is 53.1 Å². The van der Waals surface area contributed by atoms with Gasteiger partial charge >= 0.3 is 0 Å². The van der Waals surface area contributed by atoms with Crippen molar-refractivity contribution < 1.29 is 0 Å². The Bertz CT molecular complexity index is 2550. The van der Waals surface area contributed by atoms with Crippen molar-refractivity contribution in [1.29, 1.82) is 0 Å². The van der Waals surface area contributed by atoms with E-state index in [0.717, 1.165) is 27.2 Å². The van der Waals surface area contributed by atoms with E-state index in [0.29, 0.717) is 0 Å². The summed E-state index contributed by atoms with van der Waals surface area (Å²) in [5, 5.41) is 5.11. The maximum absolute atomic E-state index is 3.70. The molecule has 0 saturated carbocycles. The van der Waals surface area contributed by atoms with Gasteiger partial charge in [0.25, 0.3) is 0 Å². The second kappa shape index (κ2) is 11.0. The molecule has 0 bridgehead atoms. The molecule has 0 spiro atoms. The van der Waals surface area contributed by atoms with E-state index in [9.17, 15) is 0 Å². The van der Waals surface area contributed by atoms with Gasteiger partial charge in [0.2, 0.25) is 0 Å². The molecular formula is C42H27BrN2S. The van der Waals surface area contributed by atoms with Crippen LogP contribution in [0.4, 0.5) is 17.1 Å². The third-order valence-corrected chi connectivity index (χ3v) is 10.4. The van der Waals surface area contributed by atoms with Crippen LogP contribution in [-0.2, 0) is 0 Å². The van der Waals surface area contributed by atoms with Crippen molar-refractivity contribution in [3.63, 3.8) is 0 Å². The molecule has 0 aliphatic rings. The number of nitrogens with zero attached hydrogens (tertiary/aromatic N) is 2.